The third-order valence-electron chi connectivity index (χ3n) is 2.40. The molecule has 0 fully saturated rings. The number of hydrogen-bond donors (Lipinski definition) is 1. The van der Waals surface area contributed by atoms with Gasteiger partial charge in [0.05, 0.1) is 13.2 Å². The molecular weight excluding hydrogens is 284 g/mol. The molecule has 0 bridgehead atoms. The van der Waals surface area contributed by atoms with Gasteiger partial charge >= 0.3 is 0 Å². The fourth-order valence-corrected chi connectivity index (χ4v) is 2.38. The maximum absolute atomic E-state index is 5.78. The van der Waals surface area contributed by atoms with Crippen LogP contribution in [0.2, 0.25) is 4.47 Å². The Balaban J connectivity index is 1.81. The summed E-state index contributed by atoms with van der Waals surface area (Å²) >= 11 is 7.25. The number of aromatic nitrogens is 1. The van der Waals surface area contributed by atoms with Crippen molar-refractivity contribution >= 4 is 28.6 Å². The van der Waals surface area contributed by atoms with Crippen LogP contribution < -0.4 is 10.1 Å². The normalized spacial score (nSPS) is 10.4. The van der Waals surface area contributed by atoms with E-state index < -0.39 is 0 Å². The SMILES string of the molecule is COCCOc1ccc(NCc2cnc(Cl)s2)cc1. The molecule has 1 N–H and O–H groups in total. The van der Waals surface area contributed by atoms with Gasteiger partial charge in [0, 0.05) is 23.9 Å². The molecule has 1 heterocycles. The predicted octanol–water partition coefficient (Wildman–Crippen LogP) is 3.43. The Labute approximate surface area is 121 Å². The van der Waals surface area contributed by atoms with Crippen molar-refractivity contribution in [2.24, 2.45) is 0 Å². The van der Waals surface area contributed by atoms with Gasteiger partial charge in [-0.2, -0.15) is 0 Å². The Morgan fingerprint density at radius 3 is 2.68 bits per heavy atom. The largest absolute Gasteiger partial charge is 0.491 e. The first kappa shape index (κ1) is 14.1. The molecule has 0 radical (unpaired) electrons. The number of anilines is 1. The monoisotopic (exact) mass is 298 g/mol. The topological polar surface area (TPSA) is 43.4 Å². The highest BCUT2D eigenvalue weighted by atomic mass is 35.5. The zero-order valence-corrected chi connectivity index (χ0v) is 12.1. The summed E-state index contributed by atoms with van der Waals surface area (Å²) in [5.41, 5.74) is 1.03. The smallest absolute Gasteiger partial charge is 0.183 e. The van der Waals surface area contributed by atoms with E-state index in [0.717, 1.165) is 16.3 Å². The van der Waals surface area contributed by atoms with E-state index in [1.165, 1.54) is 11.3 Å². The van der Waals surface area contributed by atoms with Crippen molar-refractivity contribution in [2.45, 2.75) is 6.54 Å². The van der Waals surface area contributed by atoms with Crippen LogP contribution in [0.4, 0.5) is 5.69 Å². The molecule has 6 heteroatoms. The van der Waals surface area contributed by atoms with Gasteiger partial charge in [-0.05, 0) is 24.3 Å². The van der Waals surface area contributed by atoms with Crippen molar-refractivity contribution < 1.29 is 9.47 Å². The molecule has 4 nitrogen and oxygen atoms in total. The number of benzene rings is 1. The van der Waals surface area contributed by atoms with Gasteiger partial charge in [-0.3, -0.25) is 0 Å². The van der Waals surface area contributed by atoms with Gasteiger partial charge in [0.15, 0.2) is 4.47 Å². The van der Waals surface area contributed by atoms with E-state index in [-0.39, 0.29) is 0 Å². The Morgan fingerprint density at radius 2 is 2.05 bits per heavy atom. The Kier molecular flexibility index (Phi) is 5.44. The van der Waals surface area contributed by atoms with E-state index in [0.29, 0.717) is 24.2 Å². The summed E-state index contributed by atoms with van der Waals surface area (Å²) in [5.74, 6) is 0.837. The lowest BCUT2D eigenvalue weighted by Crippen LogP contribution is -2.04. The molecule has 0 unspecified atom stereocenters. The minimum Gasteiger partial charge on any atom is -0.491 e. The molecule has 1 aromatic carbocycles. The van der Waals surface area contributed by atoms with Crippen molar-refractivity contribution in [2.75, 3.05) is 25.6 Å². The van der Waals surface area contributed by atoms with Crippen LogP contribution in [0, 0.1) is 0 Å². The van der Waals surface area contributed by atoms with E-state index >= 15 is 0 Å². The molecule has 0 spiro atoms. The molecule has 0 aliphatic rings. The van der Waals surface area contributed by atoms with Crippen LogP contribution in [-0.4, -0.2) is 25.3 Å². The van der Waals surface area contributed by atoms with Gasteiger partial charge in [0.1, 0.15) is 12.4 Å². The molecule has 1 aromatic heterocycles. The van der Waals surface area contributed by atoms with Crippen LogP contribution in [0.3, 0.4) is 0 Å². The van der Waals surface area contributed by atoms with Gasteiger partial charge in [-0.15, -0.1) is 11.3 Å². The maximum Gasteiger partial charge on any atom is 0.183 e. The molecule has 19 heavy (non-hydrogen) atoms. The highest BCUT2D eigenvalue weighted by Gasteiger charge is 2.00. The Bertz CT molecular complexity index is 502. The Morgan fingerprint density at radius 1 is 1.26 bits per heavy atom. The van der Waals surface area contributed by atoms with E-state index in [1.807, 2.05) is 24.3 Å². The standard InChI is InChI=1S/C13H15ClN2O2S/c1-17-6-7-18-11-4-2-10(3-5-11)15-8-12-9-16-13(14)19-12/h2-5,9,15H,6-8H2,1H3. The first-order valence-electron chi connectivity index (χ1n) is 5.84. The highest BCUT2D eigenvalue weighted by molar-refractivity contribution is 7.15. The van der Waals surface area contributed by atoms with Gasteiger partial charge in [0.25, 0.3) is 0 Å². The van der Waals surface area contributed by atoms with Crippen molar-refractivity contribution in [3.8, 4) is 5.75 Å². The zero-order chi connectivity index (χ0) is 13.5. The van der Waals surface area contributed by atoms with E-state index in [4.69, 9.17) is 21.1 Å². The first-order chi connectivity index (χ1) is 9.28. The number of hydrogen-bond acceptors (Lipinski definition) is 5. The van der Waals surface area contributed by atoms with Gasteiger partial charge in [-0.25, -0.2) is 4.98 Å². The number of rotatable bonds is 7. The molecule has 0 saturated carbocycles. The summed E-state index contributed by atoms with van der Waals surface area (Å²) in [4.78, 5) is 5.10. The molecule has 2 aromatic rings. The molecule has 102 valence electrons. The second kappa shape index (κ2) is 7.33. The molecule has 0 atom stereocenters. The third kappa shape index (κ3) is 4.70. The summed E-state index contributed by atoms with van der Waals surface area (Å²) < 4.78 is 11.0. The fourth-order valence-electron chi connectivity index (χ4n) is 1.47. The van der Waals surface area contributed by atoms with Gasteiger partial charge < -0.3 is 14.8 Å². The van der Waals surface area contributed by atoms with Gasteiger partial charge in [0.2, 0.25) is 0 Å². The van der Waals surface area contributed by atoms with Crippen LogP contribution in [0.1, 0.15) is 4.88 Å². The summed E-state index contributed by atoms with van der Waals surface area (Å²) in [6, 6.07) is 7.81. The van der Waals surface area contributed by atoms with E-state index in [9.17, 15) is 0 Å². The lowest BCUT2D eigenvalue weighted by Gasteiger charge is -2.07. The van der Waals surface area contributed by atoms with Crippen LogP contribution in [0.25, 0.3) is 0 Å². The van der Waals surface area contributed by atoms with E-state index in [1.54, 1.807) is 13.3 Å². The molecule has 0 aliphatic carbocycles. The van der Waals surface area contributed by atoms with Crippen molar-refractivity contribution in [1.29, 1.82) is 0 Å². The van der Waals surface area contributed by atoms with Crippen molar-refractivity contribution in [1.82, 2.24) is 4.98 Å². The molecule has 0 aliphatic heterocycles. The molecule has 2 rings (SSSR count). The van der Waals surface area contributed by atoms with Crippen LogP contribution >= 0.6 is 22.9 Å². The molecular formula is C13H15ClN2O2S. The summed E-state index contributed by atoms with van der Waals surface area (Å²) in [5, 5.41) is 3.30. The number of nitrogens with one attached hydrogen (secondary N) is 1. The third-order valence-corrected chi connectivity index (χ3v) is 3.52. The van der Waals surface area contributed by atoms with Crippen molar-refractivity contribution in [3.05, 3.63) is 39.8 Å². The predicted molar refractivity (Wildman–Crippen MR) is 78.3 cm³/mol. The summed E-state index contributed by atoms with van der Waals surface area (Å²) in [6.45, 7) is 1.86. The van der Waals surface area contributed by atoms with Crippen LogP contribution in [0.5, 0.6) is 5.75 Å². The summed E-state index contributed by atoms with van der Waals surface area (Å²) in [6.07, 6.45) is 1.78. The molecule has 0 amide bonds. The lowest BCUT2D eigenvalue weighted by molar-refractivity contribution is 0.146. The quantitative estimate of drug-likeness (QED) is 0.795. The average Bonchev–Trinajstić information content (AvgIpc) is 2.84. The lowest BCUT2D eigenvalue weighted by atomic mass is 10.3. The number of methoxy groups -OCH3 is 1. The Hall–Kier alpha value is -1.30. The number of nitrogens with zero attached hydrogens (tertiary/aromatic N) is 1. The number of thiazole rings is 1. The maximum atomic E-state index is 5.78. The number of halogens is 1. The average molecular weight is 299 g/mol. The zero-order valence-electron chi connectivity index (χ0n) is 10.6. The minimum atomic E-state index is 0.558. The van der Waals surface area contributed by atoms with Crippen molar-refractivity contribution in [3.63, 3.8) is 0 Å². The first-order valence-corrected chi connectivity index (χ1v) is 7.03. The fraction of sp³-hybridized carbons (Fsp3) is 0.308. The minimum absolute atomic E-state index is 0.558. The highest BCUT2D eigenvalue weighted by Crippen LogP contribution is 2.20. The number of ether oxygens (including phenoxy) is 2. The second-order valence-electron chi connectivity index (χ2n) is 3.80. The molecule has 0 saturated heterocycles. The van der Waals surface area contributed by atoms with E-state index in [2.05, 4.69) is 10.3 Å². The summed E-state index contributed by atoms with van der Waals surface area (Å²) in [7, 11) is 1.65. The van der Waals surface area contributed by atoms with Gasteiger partial charge in [-0.1, -0.05) is 11.6 Å². The van der Waals surface area contributed by atoms with Crippen LogP contribution in [-0.2, 0) is 11.3 Å². The second-order valence-corrected chi connectivity index (χ2v) is 5.50. The van der Waals surface area contributed by atoms with Crippen LogP contribution in [0.15, 0.2) is 30.5 Å².